The maximum Gasteiger partial charge on any atom is 0.0628 e. The molecule has 3 heteroatoms. The van der Waals surface area contributed by atoms with Gasteiger partial charge in [-0.05, 0) is 30.9 Å². The molecular formula is C13H19N3. The van der Waals surface area contributed by atoms with Crippen LogP contribution in [0.1, 0.15) is 44.2 Å². The Bertz CT molecular complexity index is 396. The van der Waals surface area contributed by atoms with Crippen molar-refractivity contribution in [2.75, 3.05) is 0 Å². The van der Waals surface area contributed by atoms with Crippen LogP contribution in [0.4, 0.5) is 0 Å². The Hall–Kier alpha value is -1.27. The van der Waals surface area contributed by atoms with Gasteiger partial charge in [-0.3, -0.25) is 0 Å². The number of hydrogen-bond donors (Lipinski definition) is 1. The van der Waals surface area contributed by atoms with Crippen LogP contribution in [0.3, 0.4) is 0 Å². The van der Waals surface area contributed by atoms with Crippen LogP contribution in [-0.2, 0) is 6.54 Å². The molecule has 0 aromatic carbocycles. The highest BCUT2D eigenvalue weighted by Gasteiger charge is 2.42. The third-order valence-electron chi connectivity index (χ3n) is 3.57. The maximum absolute atomic E-state index is 8.77. The summed E-state index contributed by atoms with van der Waals surface area (Å²) in [5.41, 5.74) is 7.45. The molecule has 1 aromatic heterocycles. The Labute approximate surface area is 96.9 Å². The molecule has 1 aliphatic rings. The molecule has 0 aliphatic heterocycles. The van der Waals surface area contributed by atoms with Gasteiger partial charge in [0.15, 0.2) is 0 Å². The lowest BCUT2D eigenvalue weighted by molar-refractivity contribution is 0.432. The van der Waals surface area contributed by atoms with Gasteiger partial charge >= 0.3 is 0 Å². The van der Waals surface area contributed by atoms with E-state index in [4.69, 9.17) is 11.0 Å². The first-order valence-electron chi connectivity index (χ1n) is 5.97. The number of hydrogen-bond acceptors (Lipinski definition) is 2. The highest BCUT2D eigenvalue weighted by atomic mass is 15.0. The van der Waals surface area contributed by atoms with Crippen molar-refractivity contribution >= 4 is 0 Å². The minimum Gasteiger partial charge on any atom is -0.353 e. The van der Waals surface area contributed by atoms with Gasteiger partial charge in [-0.15, -0.1) is 0 Å². The van der Waals surface area contributed by atoms with Crippen LogP contribution >= 0.6 is 0 Å². The summed E-state index contributed by atoms with van der Waals surface area (Å²) in [5, 5.41) is 8.77. The van der Waals surface area contributed by atoms with E-state index in [0.717, 1.165) is 13.0 Å². The summed E-state index contributed by atoms with van der Waals surface area (Å²) in [6.45, 7) is 3.07. The first kappa shape index (κ1) is 11.2. The van der Waals surface area contributed by atoms with Gasteiger partial charge in [0.1, 0.15) is 0 Å². The summed E-state index contributed by atoms with van der Waals surface area (Å²) in [7, 11) is 0. The lowest BCUT2D eigenvalue weighted by Crippen LogP contribution is -2.10. The molecule has 1 unspecified atom stereocenters. The van der Waals surface area contributed by atoms with Crippen molar-refractivity contribution < 1.29 is 0 Å². The molecule has 2 rings (SSSR count). The van der Waals surface area contributed by atoms with E-state index in [1.165, 1.54) is 18.4 Å². The third-order valence-corrected chi connectivity index (χ3v) is 3.57. The SMILES string of the molecule is CCC(N)c1ccn(CC2(CC#N)CC2)c1. The minimum absolute atomic E-state index is 0.146. The van der Waals surface area contributed by atoms with Gasteiger partial charge in [-0.1, -0.05) is 6.92 Å². The maximum atomic E-state index is 8.77. The second-order valence-electron chi connectivity index (χ2n) is 4.97. The first-order valence-corrected chi connectivity index (χ1v) is 5.97. The highest BCUT2D eigenvalue weighted by Crippen LogP contribution is 2.50. The molecule has 0 saturated heterocycles. The summed E-state index contributed by atoms with van der Waals surface area (Å²) >= 11 is 0. The first-order chi connectivity index (χ1) is 7.69. The smallest absolute Gasteiger partial charge is 0.0628 e. The standard InChI is InChI=1S/C13H19N3/c1-2-12(15)11-3-8-16(9-11)10-13(4-5-13)6-7-14/h3,8-9,12H,2,4-6,10,15H2,1H3. The quantitative estimate of drug-likeness (QED) is 0.824. The molecule has 2 N–H and O–H groups in total. The van der Waals surface area contributed by atoms with Gasteiger partial charge in [0.25, 0.3) is 0 Å². The molecule has 3 nitrogen and oxygen atoms in total. The fourth-order valence-corrected chi connectivity index (χ4v) is 2.14. The van der Waals surface area contributed by atoms with Gasteiger partial charge in [0, 0.05) is 36.8 Å². The average molecular weight is 217 g/mol. The molecule has 1 aromatic rings. The Kier molecular flexibility index (Phi) is 3.02. The van der Waals surface area contributed by atoms with E-state index in [1.54, 1.807) is 0 Å². The van der Waals surface area contributed by atoms with E-state index in [2.05, 4.69) is 36.0 Å². The normalized spacial score (nSPS) is 19.1. The predicted molar refractivity (Wildman–Crippen MR) is 63.5 cm³/mol. The fourth-order valence-electron chi connectivity index (χ4n) is 2.14. The van der Waals surface area contributed by atoms with Crippen molar-refractivity contribution in [3.63, 3.8) is 0 Å². The van der Waals surface area contributed by atoms with E-state index in [-0.39, 0.29) is 11.5 Å². The Morgan fingerprint density at radius 1 is 1.62 bits per heavy atom. The Morgan fingerprint density at radius 3 is 2.94 bits per heavy atom. The van der Waals surface area contributed by atoms with Gasteiger partial charge in [-0.2, -0.15) is 5.26 Å². The molecule has 16 heavy (non-hydrogen) atoms. The summed E-state index contributed by atoms with van der Waals surface area (Å²) in [4.78, 5) is 0. The highest BCUT2D eigenvalue weighted by molar-refractivity contribution is 5.15. The largest absolute Gasteiger partial charge is 0.353 e. The van der Waals surface area contributed by atoms with Crippen LogP contribution in [0.15, 0.2) is 18.5 Å². The molecule has 1 fully saturated rings. The zero-order valence-corrected chi connectivity index (χ0v) is 9.82. The zero-order chi connectivity index (χ0) is 11.6. The third kappa shape index (κ3) is 2.28. The molecular weight excluding hydrogens is 198 g/mol. The minimum atomic E-state index is 0.146. The second-order valence-corrected chi connectivity index (χ2v) is 4.97. The monoisotopic (exact) mass is 217 g/mol. The molecule has 0 bridgehead atoms. The summed E-state index contributed by atoms with van der Waals surface area (Å²) in [6, 6.07) is 4.53. The average Bonchev–Trinajstić information content (AvgIpc) is 2.87. The number of nitrogens with zero attached hydrogens (tertiary/aromatic N) is 2. The molecule has 0 amide bonds. The molecule has 1 atom stereocenters. The predicted octanol–water partition coefficient (Wildman–Crippen LogP) is 2.59. The van der Waals surface area contributed by atoms with Crippen molar-refractivity contribution in [3.05, 3.63) is 24.0 Å². The van der Waals surface area contributed by atoms with Gasteiger partial charge < -0.3 is 10.3 Å². The van der Waals surface area contributed by atoms with Crippen LogP contribution in [0.5, 0.6) is 0 Å². The van der Waals surface area contributed by atoms with Crippen LogP contribution in [0.2, 0.25) is 0 Å². The number of rotatable bonds is 5. The molecule has 0 radical (unpaired) electrons. The van der Waals surface area contributed by atoms with Crippen molar-refractivity contribution in [1.29, 1.82) is 5.26 Å². The van der Waals surface area contributed by atoms with Crippen molar-refractivity contribution in [1.82, 2.24) is 4.57 Å². The van der Waals surface area contributed by atoms with Crippen molar-refractivity contribution in [2.45, 2.75) is 45.2 Å². The number of nitrogens with two attached hydrogens (primary N) is 1. The van der Waals surface area contributed by atoms with Gasteiger partial charge in [-0.25, -0.2) is 0 Å². The number of nitriles is 1. The topological polar surface area (TPSA) is 54.7 Å². The summed E-state index contributed by atoms with van der Waals surface area (Å²) < 4.78 is 2.19. The van der Waals surface area contributed by atoms with Crippen molar-refractivity contribution in [3.8, 4) is 6.07 Å². The Morgan fingerprint density at radius 2 is 2.38 bits per heavy atom. The molecule has 0 spiro atoms. The van der Waals surface area contributed by atoms with E-state index in [9.17, 15) is 0 Å². The van der Waals surface area contributed by atoms with Crippen LogP contribution < -0.4 is 5.73 Å². The molecule has 1 heterocycles. The molecule has 1 aliphatic carbocycles. The van der Waals surface area contributed by atoms with Crippen LogP contribution in [0.25, 0.3) is 0 Å². The van der Waals surface area contributed by atoms with Gasteiger partial charge in [0.05, 0.1) is 6.07 Å². The van der Waals surface area contributed by atoms with Crippen LogP contribution in [0, 0.1) is 16.7 Å². The zero-order valence-electron chi connectivity index (χ0n) is 9.82. The summed E-state index contributed by atoms with van der Waals surface area (Å²) in [6.07, 6.45) is 8.24. The fraction of sp³-hybridized carbons (Fsp3) is 0.615. The summed E-state index contributed by atoms with van der Waals surface area (Å²) in [5.74, 6) is 0. The Balaban J connectivity index is 2.01. The number of aromatic nitrogens is 1. The van der Waals surface area contributed by atoms with E-state index < -0.39 is 0 Å². The van der Waals surface area contributed by atoms with Crippen molar-refractivity contribution in [2.24, 2.45) is 11.1 Å². The molecule has 1 saturated carbocycles. The second kappa shape index (κ2) is 4.31. The van der Waals surface area contributed by atoms with E-state index in [0.29, 0.717) is 6.42 Å². The lowest BCUT2D eigenvalue weighted by atomic mass is 10.0. The van der Waals surface area contributed by atoms with E-state index in [1.807, 2.05) is 0 Å². The molecule has 86 valence electrons. The van der Waals surface area contributed by atoms with Gasteiger partial charge in [0.2, 0.25) is 0 Å². The lowest BCUT2D eigenvalue weighted by Gasteiger charge is -2.12. The van der Waals surface area contributed by atoms with Crippen LogP contribution in [-0.4, -0.2) is 4.57 Å². The van der Waals surface area contributed by atoms with E-state index >= 15 is 0 Å².